The molecule has 1 rings (SSSR count). The average Bonchev–Trinajstić information content (AvgIpc) is 2.77. The average molecular weight is 236 g/mol. The van der Waals surface area contributed by atoms with E-state index in [-0.39, 0.29) is 13.1 Å². The summed E-state index contributed by atoms with van der Waals surface area (Å²) in [5.74, 6) is 1.12. The lowest BCUT2D eigenvalue weighted by atomic mass is 10.3. The van der Waals surface area contributed by atoms with Crippen LogP contribution in [-0.4, -0.2) is 35.1 Å². The number of hydrogen-bond donors (Lipinski definition) is 2. The highest BCUT2D eigenvalue weighted by Crippen LogP contribution is 1.99. The molecule has 1 heterocycles. The van der Waals surface area contributed by atoms with E-state index < -0.39 is 18.5 Å². The number of nitrogens with one attached hydrogen (secondary N) is 1. The maximum atomic E-state index is 11.6. The number of terminal acetylenes is 1. The summed E-state index contributed by atoms with van der Waals surface area (Å²) in [5, 5.41) is 11.1. The number of carbonyl (C=O) groups excluding carboxylic acids is 1. The second kappa shape index (κ2) is 6.23. The molecule has 0 atom stereocenters. The minimum absolute atomic E-state index is 0.0521. The van der Waals surface area contributed by atoms with Gasteiger partial charge in [-0.2, -0.15) is 0 Å². The van der Waals surface area contributed by atoms with E-state index in [2.05, 4.69) is 11.2 Å². The molecule has 90 valence electrons. The van der Waals surface area contributed by atoms with Crippen molar-refractivity contribution in [3.63, 3.8) is 0 Å². The number of hydrogen-bond acceptors (Lipinski definition) is 3. The first kappa shape index (κ1) is 12.6. The molecule has 0 saturated carbocycles. The van der Waals surface area contributed by atoms with Crippen molar-refractivity contribution in [2.24, 2.45) is 0 Å². The van der Waals surface area contributed by atoms with Crippen LogP contribution in [0.4, 0.5) is 4.79 Å². The van der Waals surface area contributed by atoms with Crippen LogP contribution in [0, 0.1) is 12.3 Å². The third-order valence-electron chi connectivity index (χ3n) is 1.92. The molecule has 0 radical (unpaired) electrons. The summed E-state index contributed by atoms with van der Waals surface area (Å²) in [5.41, 5.74) is 0.786. The summed E-state index contributed by atoms with van der Waals surface area (Å²) >= 11 is 0. The monoisotopic (exact) mass is 236 g/mol. The number of nitrogens with zero attached hydrogens (tertiary/aromatic N) is 1. The molecule has 6 nitrogen and oxygen atoms in total. The number of rotatable bonds is 5. The van der Waals surface area contributed by atoms with Crippen molar-refractivity contribution in [3.05, 3.63) is 24.2 Å². The highest BCUT2D eigenvalue weighted by atomic mass is 16.4. The molecular formula is C11H12N2O4. The maximum absolute atomic E-state index is 11.6. The zero-order valence-corrected chi connectivity index (χ0v) is 9.05. The predicted octanol–water partition coefficient (Wildman–Crippen LogP) is 0.509. The topological polar surface area (TPSA) is 82.8 Å². The molecule has 2 amide bonds. The number of furan rings is 1. The van der Waals surface area contributed by atoms with Crippen molar-refractivity contribution < 1.29 is 19.1 Å². The fourth-order valence-corrected chi connectivity index (χ4v) is 1.16. The molecule has 0 aliphatic carbocycles. The molecule has 0 unspecified atom stereocenters. The molecule has 17 heavy (non-hydrogen) atoms. The van der Waals surface area contributed by atoms with Crippen LogP contribution in [0.25, 0.3) is 0 Å². The number of carboxylic acid groups (broad SMARTS) is 1. The highest BCUT2D eigenvalue weighted by Gasteiger charge is 2.15. The molecule has 0 aromatic carbocycles. The van der Waals surface area contributed by atoms with E-state index in [1.54, 1.807) is 6.07 Å². The lowest BCUT2D eigenvalue weighted by Gasteiger charge is -2.18. The van der Waals surface area contributed by atoms with Crippen molar-refractivity contribution >= 4 is 12.0 Å². The fourth-order valence-electron chi connectivity index (χ4n) is 1.16. The number of carbonyl (C=O) groups is 2. The number of aliphatic carboxylic acids is 1. The summed E-state index contributed by atoms with van der Waals surface area (Å²) in [7, 11) is 0. The molecule has 0 aliphatic rings. The van der Waals surface area contributed by atoms with Gasteiger partial charge in [0.15, 0.2) is 0 Å². The summed E-state index contributed by atoms with van der Waals surface area (Å²) in [6.45, 7) is -0.221. The molecule has 0 fully saturated rings. The van der Waals surface area contributed by atoms with Crippen LogP contribution in [0.2, 0.25) is 0 Å². The minimum Gasteiger partial charge on any atom is -0.480 e. The molecule has 6 heteroatoms. The molecular weight excluding hydrogens is 224 g/mol. The normalized spacial score (nSPS) is 9.35. The van der Waals surface area contributed by atoms with E-state index in [4.69, 9.17) is 15.9 Å². The third kappa shape index (κ3) is 4.30. The molecule has 0 spiro atoms. The zero-order valence-electron chi connectivity index (χ0n) is 9.05. The highest BCUT2D eigenvalue weighted by molar-refractivity contribution is 5.80. The van der Waals surface area contributed by atoms with Crippen molar-refractivity contribution in [2.45, 2.75) is 6.54 Å². The minimum atomic E-state index is -1.11. The second-order valence-electron chi connectivity index (χ2n) is 3.24. The standard InChI is InChI=1S/C11H12N2O4/c1-2-4-13(7-10(14)15)11(16)12-6-9-3-5-17-8-9/h1,3,5,8H,4,6-7H2,(H,12,16)(H,14,15). The van der Waals surface area contributed by atoms with Gasteiger partial charge in [0.1, 0.15) is 6.54 Å². The van der Waals surface area contributed by atoms with Crippen LogP contribution >= 0.6 is 0 Å². The first-order valence-corrected chi connectivity index (χ1v) is 4.82. The van der Waals surface area contributed by atoms with E-state index in [1.807, 2.05) is 0 Å². The Kier molecular flexibility index (Phi) is 4.63. The van der Waals surface area contributed by atoms with Gasteiger partial charge in [-0.25, -0.2) is 4.79 Å². The van der Waals surface area contributed by atoms with Crippen LogP contribution in [0.1, 0.15) is 5.56 Å². The molecule has 0 aliphatic heterocycles. The number of amides is 2. The van der Waals surface area contributed by atoms with E-state index >= 15 is 0 Å². The van der Waals surface area contributed by atoms with E-state index in [9.17, 15) is 9.59 Å². The van der Waals surface area contributed by atoms with Gasteiger partial charge in [0.05, 0.1) is 19.1 Å². The molecule has 2 N–H and O–H groups in total. The van der Waals surface area contributed by atoms with Gasteiger partial charge in [0, 0.05) is 12.1 Å². The van der Waals surface area contributed by atoms with Gasteiger partial charge in [-0.05, 0) is 6.07 Å². The summed E-state index contributed by atoms with van der Waals surface area (Å²) in [4.78, 5) is 23.1. The Morgan fingerprint density at radius 1 is 1.59 bits per heavy atom. The van der Waals surface area contributed by atoms with Crippen LogP contribution in [-0.2, 0) is 11.3 Å². The molecule has 0 bridgehead atoms. The summed E-state index contributed by atoms with van der Waals surface area (Å²) in [6, 6.07) is 1.18. The lowest BCUT2D eigenvalue weighted by molar-refractivity contribution is -0.137. The van der Waals surface area contributed by atoms with Crippen LogP contribution in [0.5, 0.6) is 0 Å². The van der Waals surface area contributed by atoms with Gasteiger partial charge in [0.2, 0.25) is 0 Å². The Balaban J connectivity index is 2.47. The van der Waals surface area contributed by atoms with Crippen LogP contribution in [0.3, 0.4) is 0 Å². The van der Waals surface area contributed by atoms with Crippen molar-refractivity contribution in [3.8, 4) is 12.3 Å². The number of carboxylic acids is 1. The second-order valence-corrected chi connectivity index (χ2v) is 3.24. The maximum Gasteiger partial charge on any atom is 0.323 e. The van der Waals surface area contributed by atoms with Crippen LogP contribution in [0.15, 0.2) is 23.0 Å². The smallest absolute Gasteiger partial charge is 0.323 e. The first-order valence-electron chi connectivity index (χ1n) is 4.82. The van der Waals surface area contributed by atoms with Gasteiger partial charge >= 0.3 is 12.0 Å². The quantitative estimate of drug-likeness (QED) is 0.730. The van der Waals surface area contributed by atoms with Gasteiger partial charge in [-0.1, -0.05) is 5.92 Å². The van der Waals surface area contributed by atoms with E-state index in [0.717, 1.165) is 10.5 Å². The fraction of sp³-hybridized carbons (Fsp3) is 0.273. The van der Waals surface area contributed by atoms with Crippen molar-refractivity contribution in [2.75, 3.05) is 13.1 Å². The molecule has 0 saturated heterocycles. The predicted molar refractivity (Wildman–Crippen MR) is 59.0 cm³/mol. The molecule has 1 aromatic rings. The van der Waals surface area contributed by atoms with Gasteiger partial charge in [-0.3, -0.25) is 4.79 Å². The van der Waals surface area contributed by atoms with Crippen molar-refractivity contribution in [1.29, 1.82) is 0 Å². The van der Waals surface area contributed by atoms with Gasteiger partial charge in [0.25, 0.3) is 0 Å². The Morgan fingerprint density at radius 3 is 2.88 bits per heavy atom. The first-order chi connectivity index (χ1) is 8.13. The SMILES string of the molecule is C#CCN(CC(=O)O)C(=O)NCc1ccoc1. The van der Waals surface area contributed by atoms with Gasteiger partial charge < -0.3 is 19.7 Å². The zero-order chi connectivity index (χ0) is 12.7. The third-order valence-corrected chi connectivity index (χ3v) is 1.92. The number of urea groups is 1. The van der Waals surface area contributed by atoms with Crippen molar-refractivity contribution in [1.82, 2.24) is 10.2 Å². The van der Waals surface area contributed by atoms with E-state index in [0.29, 0.717) is 0 Å². The Morgan fingerprint density at radius 2 is 2.35 bits per heavy atom. The van der Waals surface area contributed by atoms with Crippen LogP contribution < -0.4 is 5.32 Å². The molecule has 1 aromatic heterocycles. The van der Waals surface area contributed by atoms with E-state index in [1.165, 1.54) is 12.5 Å². The lowest BCUT2D eigenvalue weighted by Crippen LogP contribution is -2.42. The Labute approximate surface area is 98.2 Å². The van der Waals surface area contributed by atoms with Gasteiger partial charge in [-0.15, -0.1) is 6.42 Å². The Hall–Kier alpha value is -2.42. The Bertz CT molecular complexity index is 419. The summed E-state index contributed by atoms with van der Waals surface area (Å²) < 4.78 is 4.83. The largest absolute Gasteiger partial charge is 0.480 e. The summed E-state index contributed by atoms with van der Waals surface area (Å²) in [6.07, 6.45) is 8.03.